The van der Waals surface area contributed by atoms with E-state index >= 15 is 0 Å². The van der Waals surface area contributed by atoms with Crippen molar-refractivity contribution in [2.24, 2.45) is 0 Å². The largest absolute Gasteiger partial charge is 1.00 e. The summed E-state index contributed by atoms with van der Waals surface area (Å²) in [6.07, 6.45) is 4.87. The van der Waals surface area contributed by atoms with Crippen LogP contribution in [0.3, 0.4) is 0 Å². The Morgan fingerprint density at radius 1 is 1.18 bits per heavy atom. The van der Waals surface area contributed by atoms with E-state index in [1.165, 1.54) is 19.0 Å². The summed E-state index contributed by atoms with van der Waals surface area (Å²) in [4.78, 5) is 36.3. The molecule has 1 aliphatic rings. The molecule has 7 N–H and O–H groups in total. The van der Waals surface area contributed by atoms with Gasteiger partial charge in [-0.1, -0.05) is 7.43 Å². The zero-order chi connectivity index (χ0) is 22.4. The summed E-state index contributed by atoms with van der Waals surface area (Å²) in [5, 5.41) is 9.23. The molecule has 0 spiro atoms. The minimum Gasteiger partial charge on any atom is -0.870 e. The number of nitrogens with zero attached hydrogens (tertiary/aromatic N) is 7. The Bertz CT molecular complexity index is 1170. The van der Waals surface area contributed by atoms with Crippen molar-refractivity contribution in [2.75, 3.05) is 18.1 Å². The Morgan fingerprint density at radius 3 is 2.41 bits per heavy atom. The van der Waals surface area contributed by atoms with Crippen LogP contribution in [0.5, 0.6) is 0 Å². The summed E-state index contributed by atoms with van der Waals surface area (Å²) < 4.78 is 10.7. The van der Waals surface area contributed by atoms with Crippen LogP contribution < -0.4 is 41.0 Å². The van der Waals surface area contributed by atoms with Crippen LogP contribution in [0.15, 0.2) is 25.3 Å². The molecule has 0 saturated carbocycles. The molecule has 0 amide bonds. The second-order valence-electron chi connectivity index (χ2n) is 6.53. The quantitative estimate of drug-likeness (QED) is 0.173. The molecular formula is C18H27N10NaO5. The molecule has 1 aliphatic heterocycles. The maximum Gasteiger partial charge on any atom is 1.00 e. The van der Waals surface area contributed by atoms with Crippen LogP contribution in [0.25, 0.3) is 22.3 Å². The number of aromatic nitrogens is 8. The molecule has 0 aliphatic carbocycles. The van der Waals surface area contributed by atoms with Crippen molar-refractivity contribution >= 4 is 40.1 Å². The summed E-state index contributed by atoms with van der Waals surface area (Å²) >= 11 is 0. The Balaban J connectivity index is 0.000000484. The van der Waals surface area contributed by atoms with Crippen LogP contribution in [-0.4, -0.2) is 75.0 Å². The first-order valence-corrected chi connectivity index (χ1v) is 9.17. The van der Waals surface area contributed by atoms with E-state index in [1.807, 2.05) is 0 Å². The van der Waals surface area contributed by atoms with Crippen LogP contribution in [0.1, 0.15) is 21.3 Å². The minimum absolute atomic E-state index is 0. The van der Waals surface area contributed by atoms with E-state index in [1.54, 1.807) is 24.7 Å². The number of aliphatic hydroxyl groups excluding tert-OH is 1. The third-order valence-corrected chi connectivity index (χ3v) is 3.88. The third-order valence-electron chi connectivity index (χ3n) is 3.88. The van der Waals surface area contributed by atoms with Gasteiger partial charge in [0.1, 0.15) is 36.4 Å². The van der Waals surface area contributed by atoms with Gasteiger partial charge in [0.25, 0.3) is 0 Å². The summed E-state index contributed by atoms with van der Waals surface area (Å²) in [7, 11) is 0. The van der Waals surface area contributed by atoms with Crippen molar-refractivity contribution < 1.29 is 54.4 Å². The van der Waals surface area contributed by atoms with Crippen LogP contribution in [-0.2, 0) is 16.0 Å². The van der Waals surface area contributed by atoms with Gasteiger partial charge in [0.05, 0.1) is 25.3 Å². The summed E-state index contributed by atoms with van der Waals surface area (Å²) in [6.45, 7) is 4.34. The molecule has 1 saturated heterocycles. The fourth-order valence-electron chi connectivity index (χ4n) is 2.52. The number of anilines is 2. The van der Waals surface area contributed by atoms with Gasteiger partial charge >= 0.3 is 35.7 Å². The van der Waals surface area contributed by atoms with Crippen LogP contribution >= 0.6 is 0 Å². The summed E-state index contributed by atoms with van der Waals surface area (Å²) in [6, 6.07) is 0. The van der Waals surface area contributed by atoms with E-state index in [2.05, 4.69) is 44.4 Å². The molecule has 0 bridgehead atoms. The Labute approximate surface area is 216 Å². The summed E-state index contributed by atoms with van der Waals surface area (Å²) in [5.74, 6) is 0.793. The number of aromatic amines is 1. The molecule has 0 unspecified atom stereocenters. The zero-order valence-corrected chi connectivity index (χ0v) is 20.3. The minimum atomic E-state index is -0.549. The molecule has 15 nitrogen and oxygen atoms in total. The number of hydrogen-bond acceptors (Lipinski definition) is 13. The number of rotatable bonds is 2. The molecule has 5 rings (SSSR count). The Kier molecular flexibility index (Phi) is 12.9. The number of fused-ring (bicyclic) bond motifs is 2. The van der Waals surface area contributed by atoms with Crippen molar-refractivity contribution in [1.29, 1.82) is 0 Å². The van der Waals surface area contributed by atoms with Gasteiger partial charge in [-0.3, -0.25) is 0 Å². The molecule has 0 radical (unpaired) electrons. The van der Waals surface area contributed by atoms with Gasteiger partial charge in [0, 0.05) is 0 Å². The molecular weight excluding hydrogens is 459 g/mol. The second-order valence-corrected chi connectivity index (χ2v) is 6.53. The van der Waals surface area contributed by atoms with Crippen molar-refractivity contribution in [3.05, 3.63) is 25.3 Å². The number of carbonyl (C=O) groups excluding carboxylic acids is 1. The van der Waals surface area contributed by atoms with Gasteiger partial charge in [-0.05, 0) is 13.8 Å². The van der Waals surface area contributed by atoms with E-state index in [4.69, 9.17) is 11.5 Å². The molecule has 4 aromatic rings. The van der Waals surface area contributed by atoms with E-state index in [-0.39, 0.29) is 48.6 Å². The summed E-state index contributed by atoms with van der Waals surface area (Å²) in [5.41, 5.74) is 13.6. The number of nitrogens with one attached hydrogen (secondary N) is 1. The Hall–Kier alpha value is -3.11. The fourth-order valence-corrected chi connectivity index (χ4v) is 2.52. The molecule has 2 atom stereocenters. The number of ether oxygens (including phenoxy) is 2. The molecule has 4 aromatic heterocycles. The van der Waals surface area contributed by atoms with E-state index < -0.39 is 12.3 Å². The Morgan fingerprint density at radius 2 is 1.85 bits per heavy atom. The maximum absolute atomic E-state index is 10.0. The van der Waals surface area contributed by atoms with Crippen molar-refractivity contribution in [1.82, 2.24) is 39.5 Å². The van der Waals surface area contributed by atoms with Gasteiger partial charge in [-0.25, -0.2) is 34.7 Å². The fraction of sp³-hybridized carbons (Fsp3) is 0.389. The van der Waals surface area contributed by atoms with Crippen molar-refractivity contribution in [2.45, 2.75) is 40.0 Å². The number of nitrogens with two attached hydrogens (primary N) is 2. The zero-order valence-electron chi connectivity index (χ0n) is 18.3. The first-order chi connectivity index (χ1) is 14.8. The molecule has 5 heterocycles. The van der Waals surface area contributed by atoms with E-state index in [9.17, 15) is 9.90 Å². The van der Waals surface area contributed by atoms with Crippen LogP contribution in [0, 0.1) is 0 Å². The third kappa shape index (κ3) is 8.03. The van der Waals surface area contributed by atoms with E-state index in [0.29, 0.717) is 47.1 Å². The SMILES string of the molecule is C.C[C@@H](O)Cn1cnc2c(N)ncnc21.C[C@@H]1COC(=O)O1.Nc1ncnc2nc[nH]c12.[Na+].[OH-]. The van der Waals surface area contributed by atoms with Crippen LogP contribution in [0.2, 0.25) is 0 Å². The number of cyclic esters (lactones) is 2. The van der Waals surface area contributed by atoms with E-state index in [0.717, 1.165) is 0 Å². The monoisotopic (exact) mass is 486 g/mol. The average Bonchev–Trinajstić information content (AvgIpc) is 3.44. The van der Waals surface area contributed by atoms with Crippen molar-refractivity contribution in [3.63, 3.8) is 0 Å². The molecule has 0 aromatic carbocycles. The number of aliphatic hydroxyl groups is 1. The predicted molar refractivity (Wildman–Crippen MR) is 118 cm³/mol. The number of nitrogen functional groups attached to an aromatic ring is 2. The number of imidazole rings is 2. The van der Waals surface area contributed by atoms with Gasteiger partial charge in [-0.2, -0.15) is 0 Å². The van der Waals surface area contributed by atoms with Gasteiger partial charge in [-0.15, -0.1) is 0 Å². The number of H-pyrrole nitrogens is 1. The second kappa shape index (κ2) is 14.2. The topological polar surface area (TPSA) is 236 Å². The number of hydrogen-bond donors (Lipinski definition) is 4. The predicted octanol–water partition coefficient (Wildman–Crippen LogP) is -2.27. The first-order valence-electron chi connectivity index (χ1n) is 9.17. The molecule has 16 heteroatoms. The average molecular weight is 486 g/mol. The van der Waals surface area contributed by atoms with Gasteiger partial charge in [0.2, 0.25) is 0 Å². The first kappa shape index (κ1) is 30.9. The molecule has 180 valence electrons. The standard InChI is InChI=1S/C8H11N5O.C5H5N5.C4H6O3.CH4.Na.H2O/c1-5(14)2-13-4-12-6-7(9)10-3-11-8(6)13;6-4-3-5(9-1-7-3)10-2-8-4;1-3-2-6-4(5)7-3;;;/h3-5,14H,2H2,1H3,(H2,9,10,11);1-2H,(H3,6,7,8,9,10);3H,2H2,1H3;1H4;;1H2/q;;;;+1;/p-1/t5-;;3-;;;/m1.1.../s1. The van der Waals surface area contributed by atoms with Crippen molar-refractivity contribution in [3.8, 4) is 0 Å². The van der Waals surface area contributed by atoms with Gasteiger partial charge in [0.15, 0.2) is 22.9 Å². The van der Waals surface area contributed by atoms with Crippen LogP contribution in [0.4, 0.5) is 16.4 Å². The molecule has 1 fully saturated rings. The smallest absolute Gasteiger partial charge is 0.870 e. The maximum atomic E-state index is 10.0. The normalized spacial score (nSPS) is 14.6. The number of carbonyl (C=O) groups is 1. The van der Waals surface area contributed by atoms with Gasteiger partial charge < -0.3 is 41.1 Å². The molecule has 34 heavy (non-hydrogen) atoms.